The first-order valence-corrected chi connectivity index (χ1v) is 9.76. The van der Waals surface area contributed by atoms with Crippen molar-refractivity contribution in [3.63, 3.8) is 0 Å². The summed E-state index contributed by atoms with van der Waals surface area (Å²) >= 11 is 1.58. The molecule has 1 aromatic carbocycles. The Bertz CT molecular complexity index is 895. The lowest BCUT2D eigenvalue weighted by atomic mass is 9.98. The Hall–Kier alpha value is -2.74. The summed E-state index contributed by atoms with van der Waals surface area (Å²) in [6.45, 7) is 1.60. The molecule has 0 radical (unpaired) electrons. The first-order chi connectivity index (χ1) is 13.2. The van der Waals surface area contributed by atoms with E-state index in [0.717, 1.165) is 24.0 Å². The van der Waals surface area contributed by atoms with E-state index in [-0.39, 0.29) is 17.8 Å². The second-order valence-corrected chi connectivity index (χ2v) is 7.31. The molecular weight excluding hydrogens is 367 g/mol. The highest BCUT2D eigenvalue weighted by atomic mass is 32.1. The minimum Gasteiger partial charge on any atom is -0.420 e. The number of halogens is 1. The van der Waals surface area contributed by atoms with Gasteiger partial charge in [-0.3, -0.25) is 0 Å². The molecule has 2 aromatic heterocycles. The van der Waals surface area contributed by atoms with E-state index in [1.54, 1.807) is 28.4 Å². The molecule has 1 aliphatic heterocycles. The Kier molecular flexibility index (Phi) is 5.15. The molecule has 0 unspecified atom stereocenters. The van der Waals surface area contributed by atoms with Crippen LogP contribution in [-0.2, 0) is 6.54 Å². The van der Waals surface area contributed by atoms with Gasteiger partial charge in [-0.05, 0) is 42.0 Å². The number of piperidine rings is 1. The van der Waals surface area contributed by atoms with Gasteiger partial charge in [0.05, 0.1) is 5.92 Å². The summed E-state index contributed by atoms with van der Waals surface area (Å²) in [6, 6.07) is 7.91. The number of thiophene rings is 1. The third-order valence-electron chi connectivity index (χ3n) is 4.62. The van der Waals surface area contributed by atoms with Crippen LogP contribution in [0.1, 0.15) is 30.2 Å². The molecule has 0 aliphatic carbocycles. The molecule has 0 saturated carbocycles. The van der Waals surface area contributed by atoms with Crippen molar-refractivity contribution in [2.45, 2.75) is 25.3 Å². The van der Waals surface area contributed by atoms with E-state index in [1.165, 1.54) is 12.1 Å². The van der Waals surface area contributed by atoms with Crippen LogP contribution in [-0.4, -0.2) is 34.2 Å². The van der Waals surface area contributed by atoms with Crippen LogP contribution < -0.4 is 5.32 Å². The van der Waals surface area contributed by atoms with Crippen LogP contribution in [0.25, 0.3) is 11.5 Å². The number of urea groups is 1. The van der Waals surface area contributed by atoms with Gasteiger partial charge >= 0.3 is 6.03 Å². The minimum atomic E-state index is -0.287. The highest BCUT2D eigenvalue weighted by molar-refractivity contribution is 7.08. The number of hydrogen-bond donors (Lipinski definition) is 1. The van der Waals surface area contributed by atoms with Crippen LogP contribution >= 0.6 is 11.3 Å². The van der Waals surface area contributed by atoms with E-state index in [2.05, 4.69) is 15.5 Å². The number of nitrogens with one attached hydrogen (secondary N) is 1. The fraction of sp³-hybridized carbons (Fsp3) is 0.316. The monoisotopic (exact) mass is 386 g/mol. The Morgan fingerprint density at radius 2 is 2.15 bits per heavy atom. The van der Waals surface area contributed by atoms with Gasteiger partial charge < -0.3 is 14.6 Å². The van der Waals surface area contributed by atoms with Crippen molar-refractivity contribution in [2.75, 3.05) is 13.1 Å². The van der Waals surface area contributed by atoms with Crippen molar-refractivity contribution < 1.29 is 13.6 Å². The first kappa shape index (κ1) is 17.7. The predicted molar refractivity (Wildman–Crippen MR) is 99.8 cm³/mol. The lowest BCUT2D eigenvalue weighted by Gasteiger charge is -2.31. The summed E-state index contributed by atoms with van der Waals surface area (Å²) in [4.78, 5) is 14.3. The molecular formula is C19H19FN4O2S. The number of carbonyl (C=O) groups is 1. The third kappa shape index (κ3) is 4.16. The van der Waals surface area contributed by atoms with Gasteiger partial charge in [-0.2, -0.15) is 11.3 Å². The normalized spacial score (nSPS) is 17.1. The third-order valence-corrected chi connectivity index (χ3v) is 5.31. The smallest absolute Gasteiger partial charge is 0.317 e. The molecule has 4 rings (SSSR count). The van der Waals surface area contributed by atoms with Gasteiger partial charge in [-0.15, -0.1) is 10.2 Å². The van der Waals surface area contributed by atoms with Gasteiger partial charge in [0.1, 0.15) is 5.82 Å². The van der Waals surface area contributed by atoms with Crippen molar-refractivity contribution in [3.8, 4) is 11.5 Å². The number of nitrogens with zero attached hydrogens (tertiary/aromatic N) is 3. The molecule has 2 amide bonds. The number of rotatable bonds is 4. The molecule has 1 fully saturated rings. The largest absolute Gasteiger partial charge is 0.420 e. The van der Waals surface area contributed by atoms with Crippen LogP contribution in [0, 0.1) is 5.82 Å². The average Bonchev–Trinajstić information content (AvgIpc) is 3.39. The van der Waals surface area contributed by atoms with Crippen LogP contribution in [0.4, 0.5) is 9.18 Å². The van der Waals surface area contributed by atoms with E-state index in [9.17, 15) is 9.18 Å². The lowest BCUT2D eigenvalue weighted by molar-refractivity contribution is 0.174. The van der Waals surface area contributed by atoms with Gasteiger partial charge in [0, 0.05) is 30.6 Å². The number of carbonyl (C=O) groups excluding carboxylic acids is 1. The molecule has 8 heteroatoms. The fourth-order valence-electron chi connectivity index (χ4n) is 3.16. The summed E-state index contributed by atoms with van der Waals surface area (Å²) in [5.41, 5.74) is 1.78. The van der Waals surface area contributed by atoms with Crippen molar-refractivity contribution >= 4 is 17.4 Å². The molecule has 0 bridgehead atoms. The molecule has 1 atom stereocenters. The number of likely N-dealkylation sites (tertiary alicyclic amines) is 1. The van der Waals surface area contributed by atoms with E-state index >= 15 is 0 Å². The maximum atomic E-state index is 13.0. The molecule has 140 valence electrons. The Morgan fingerprint density at radius 3 is 2.93 bits per heavy atom. The Labute approximate surface area is 160 Å². The van der Waals surface area contributed by atoms with E-state index < -0.39 is 0 Å². The number of benzene rings is 1. The number of amides is 2. The van der Waals surface area contributed by atoms with Gasteiger partial charge in [-0.25, -0.2) is 9.18 Å². The fourth-order valence-corrected chi connectivity index (χ4v) is 3.79. The van der Waals surface area contributed by atoms with Crippen LogP contribution in [0.15, 0.2) is 45.5 Å². The maximum Gasteiger partial charge on any atom is 0.317 e. The topological polar surface area (TPSA) is 71.3 Å². The van der Waals surface area contributed by atoms with Crippen LogP contribution in [0.3, 0.4) is 0 Å². The molecule has 6 nitrogen and oxygen atoms in total. The zero-order valence-electron chi connectivity index (χ0n) is 14.6. The number of hydrogen-bond acceptors (Lipinski definition) is 5. The van der Waals surface area contributed by atoms with E-state index in [0.29, 0.717) is 31.4 Å². The summed E-state index contributed by atoms with van der Waals surface area (Å²) in [5.74, 6) is 0.844. The molecule has 0 spiro atoms. The van der Waals surface area contributed by atoms with E-state index in [4.69, 9.17) is 4.42 Å². The molecule has 1 N–H and O–H groups in total. The van der Waals surface area contributed by atoms with Gasteiger partial charge in [0.15, 0.2) is 0 Å². The van der Waals surface area contributed by atoms with Crippen molar-refractivity contribution in [2.24, 2.45) is 0 Å². The quantitative estimate of drug-likeness (QED) is 0.735. The average molecular weight is 386 g/mol. The van der Waals surface area contributed by atoms with E-state index in [1.807, 2.05) is 16.8 Å². The molecule has 3 heterocycles. The second-order valence-electron chi connectivity index (χ2n) is 6.53. The molecule has 3 aromatic rings. The highest BCUT2D eigenvalue weighted by Gasteiger charge is 2.28. The number of aromatic nitrogens is 2. The zero-order valence-corrected chi connectivity index (χ0v) is 15.4. The van der Waals surface area contributed by atoms with Crippen LogP contribution in [0.5, 0.6) is 0 Å². The van der Waals surface area contributed by atoms with Gasteiger partial charge in [-0.1, -0.05) is 12.1 Å². The SMILES string of the molecule is O=C(NCc1ccc(F)cc1)N1CCC[C@H](c2nnc(-c3ccsc3)o2)C1. The second kappa shape index (κ2) is 7.87. The summed E-state index contributed by atoms with van der Waals surface area (Å²) < 4.78 is 18.8. The minimum absolute atomic E-state index is 0.0372. The first-order valence-electron chi connectivity index (χ1n) is 8.82. The van der Waals surface area contributed by atoms with Crippen molar-refractivity contribution in [1.29, 1.82) is 0 Å². The Balaban J connectivity index is 1.36. The summed E-state index contributed by atoms with van der Waals surface area (Å²) in [7, 11) is 0. The van der Waals surface area contributed by atoms with Gasteiger partial charge in [0.25, 0.3) is 0 Å². The molecule has 27 heavy (non-hydrogen) atoms. The van der Waals surface area contributed by atoms with Crippen LogP contribution in [0.2, 0.25) is 0 Å². The van der Waals surface area contributed by atoms with Crippen molar-refractivity contribution in [1.82, 2.24) is 20.4 Å². The molecule has 1 aliphatic rings. The Morgan fingerprint density at radius 1 is 1.30 bits per heavy atom. The zero-order chi connectivity index (χ0) is 18.6. The summed E-state index contributed by atoms with van der Waals surface area (Å²) in [5, 5.41) is 15.1. The predicted octanol–water partition coefficient (Wildman–Crippen LogP) is 4.03. The van der Waals surface area contributed by atoms with Crippen molar-refractivity contribution in [3.05, 3.63) is 58.4 Å². The van der Waals surface area contributed by atoms with Gasteiger partial charge in [0.2, 0.25) is 11.8 Å². The summed E-state index contributed by atoms with van der Waals surface area (Å²) in [6.07, 6.45) is 1.79. The maximum absolute atomic E-state index is 13.0. The standard InChI is InChI=1S/C19H19FN4O2S/c20-16-5-3-13(4-6-16)10-21-19(25)24-8-1-2-14(11-24)17-22-23-18(26-17)15-7-9-27-12-15/h3-7,9,12,14H,1-2,8,10-11H2,(H,21,25)/t14-/m0/s1. The lowest BCUT2D eigenvalue weighted by Crippen LogP contribution is -2.44. The highest BCUT2D eigenvalue weighted by Crippen LogP contribution is 2.29. The molecule has 1 saturated heterocycles.